The third kappa shape index (κ3) is 2.58. The number of rotatable bonds is 3. The molecule has 0 fully saturated rings. The molecule has 1 unspecified atom stereocenters. The Morgan fingerprint density at radius 3 is 2.78 bits per heavy atom. The van der Waals surface area contributed by atoms with E-state index >= 15 is 0 Å². The summed E-state index contributed by atoms with van der Waals surface area (Å²) >= 11 is 15.5. The summed E-state index contributed by atoms with van der Waals surface area (Å²) in [6.45, 7) is 1.96. The van der Waals surface area contributed by atoms with Gasteiger partial charge in [0, 0.05) is 22.0 Å². The molecule has 1 aromatic carbocycles. The first kappa shape index (κ1) is 13.9. The fourth-order valence-electron chi connectivity index (χ4n) is 1.76. The first-order valence-electron chi connectivity index (χ1n) is 5.39. The zero-order valence-corrected chi connectivity index (χ0v) is 12.6. The monoisotopic (exact) mass is 350 g/mol. The van der Waals surface area contributed by atoms with Crippen LogP contribution in [0.1, 0.15) is 29.2 Å². The number of furan rings is 1. The molecule has 0 radical (unpaired) electrons. The van der Waals surface area contributed by atoms with Crippen LogP contribution >= 0.6 is 39.1 Å². The van der Waals surface area contributed by atoms with Gasteiger partial charge in [0.1, 0.15) is 11.6 Å². The van der Waals surface area contributed by atoms with Crippen molar-refractivity contribution in [2.75, 3.05) is 0 Å². The van der Waals surface area contributed by atoms with Gasteiger partial charge in [0.05, 0.1) is 16.7 Å². The zero-order valence-electron chi connectivity index (χ0n) is 9.51. The molecule has 1 atom stereocenters. The second-order valence-corrected chi connectivity index (χ2v) is 5.50. The van der Waals surface area contributed by atoms with E-state index in [0.717, 1.165) is 11.3 Å². The summed E-state index contributed by atoms with van der Waals surface area (Å²) in [6.07, 6.45) is 2.26. The Bertz CT molecular complexity index is 568. The summed E-state index contributed by atoms with van der Waals surface area (Å²) in [7, 11) is 0. The highest BCUT2D eigenvalue weighted by molar-refractivity contribution is 9.10. The summed E-state index contributed by atoms with van der Waals surface area (Å²) in [5.74, 6) is 0.364. The van der Waals surface area contributed by atoms with Crippen molar-refractivity contribution in [1.29, 1.82) is 0 Å². The molecular formula is C13H10BrCl2FO. The van der Waals surface area contributed by atoms with E-state index in [1.165, 1.54) is 12.1 Å². The number of hydrogen-bond acceptors (Lipinski definition) is 1. The van der Waals surface area contributed by atoms with Gasteiger partial charge in [0.25, 0.3) is 0 Å². The van der Waals surface area contributed by atoms with E-state index in [-0.39, 0.29) is 0 Å². The molecule has 0 aliphatic heterocycles. The Kier molecular flexibility index (Phi) is 4.36. The minimum atomic E-state index is -0.607. The van der Waals surface area contributed by atoms with Crippen LogP contribution in [-0.4, -0.2) is 0 Å². The fourth-order valence-corrected chi connectivity index (χ4v) is 2.61. The zero-order chi connectivity index (χ0) is 13.3. The molecular weight excluding hydrogens is 342 g/mol. The molecule has 0 saturated carbocycles. The second-order valence-electron chi connectivity index (χ2n) is 3.80. The standard InChI is InChI=1S/C13H10BrCl2FO/c1-2-12-7(3-4-18-12)13(16)8-5-10(15)9(14)6-11(8)17/h3-6,13H,2H2,1H3. The van der Waals surface area contributed by atoms with Crippen LogP contribution < -0.4 is 0 Å². The van der Waals surface area contributed by atoms with Crippen molar-refractivity contribution in [3.63, 3.8) is 0 Å². The Labute approximate surface area is 123 Å². The van der Waals surface area contributed by atoms with Crippen LogP contribution in [0.4, 0.5) is 4.39 Å². The number of aryl methyl sites for hydroxylation is 1. The second kappa shape index (κ2) is 5.64. The van der Waals surface area contributed by atoms with Gasteiger partial charge in [-0.1, -0.05) is 18.5 Å². The van der Waals surface area contributed by atoms with E-state index in [1.54, 1.807) is 12.3 Å². The molecule has 0 amide bonds. The average molecular weight is 352 g/mol. The van der Waals surface area contributed by atoms with Gasteiger partial charge >= 0.3 is 0 Å². The lowest BCUT2D eigenvalue weighted by atomic mass is 10.0. The van der Waals surface area contributed by atoms with Gasteiger partial charge in [-0.3, -0.25) is 0 Å². The Morgan fingerprint density at radius 2 is 2.11 bits per heavy atom. The van der Waals surface area contributed by atoms with Gasteiger partial charge in [-0.2, -0.15) is 0 Å². The van der Waals surface area contributed by atoms with Crippen molar-refractivity contribution in [3.05, 3.63) is 56.7 Å². The van der Waals surface area contributed by atoms with E-state index in [4.69, 9.17) is 27.6 Å². The third-order valence-electron chi connectivity index (χ3n) is 2.69. The Morgan fingerprint density at radius 1 is 1.39 bits per heavy atom. The first-order valence-corrected chi connectivity index (χ1v) is 7.00. The van der Waals surface area contributed by atoms with Gasteiger partial charge in [0.15, 0.2) is 0 Å². The molecule has 0 spiro atoms. The van der Waals surface area contributed by atoms with E-state index in [2.05, 4.69) is 15.9 Å². The highest BCUT2D eigenvalue weighted by Gasteiger charge is 2.21. The lowest BCUT2D eigenvalue weighted by Gasteiger charge is -2.12. The topological polar surface area (TPSA) is 13.1 Å². The molecule has 0 aliphatic carbocycles. The van der Waals surface area contributed by atoms with E-state index < -0.39 is 11.2 Å². The van der Waals surface area contributed by atoms with E-state index in [0.29, 0.717) is 21.5 Å². The predicted molar refractivity (Wildman–Crippen MR) is 74.9 cm³/mol. The first-order chi connectivity index (χ1) is 8.54. The molecule has 2 rings (SSSR count). The van der Waals surface area contributed by atoms with Crippen molar-refractivity contribution < 1.29 is 8.81 Å². The maximum absolute atomic E-state index is 13.9. The molecule has 1 aromatic heterocycles. The van der Waals surface area contributed by atoms with Crippen LogP contribution in [0.2, 0.25) is 5.02 Å². The molecule has 0 saturated heterocycles. The summed E-state index contributed by atoms with van der Waals surface area (Å²) in [6, 6.07) is 4.61. The highest BCUT2D eigenvalue weighted by Crippen LogP contribution is 2.37. The molecule has 0 aliphatic rings. The summed E-state index contributed by atoms with van der Waals surface area (Å²) in [5, 5.41) is -0.178. The number of alkyl halides is 1. The van der Waals surface area contributed by atoms with E-state index in [9.17, 15) is 4.39 Å². The fraction of sp³-hybridized carbons (Fsp3) is 0.231. The smallest absolute Gasteiger partial charge is 0.129 e. The average Bonchev–Trinajstić information content (AvgIpc) is 2.81. The lowest BCUT2D eigenvalue weighted by Crippen LogP contribution is -1.99. The molecule has 18 heavy (non-hydrogen) atoms. The molecule has 2 aromatic rings. The Hall–Kier alpha value is -0.510. The Balaban J connectivity index is 2.46. The normalized spacial score (nSPS) is 12.7. The van der Waals surface area contributed by atoms with Gasteiger partial charge in [-0.05, 0) is 34.1 Å². The van der Waals surface area contributed by atoms with Gasteiger partial charge in [-0.15, -0.1) is 11.6 Å². The summed E-state index contributed by atoms with van der Waals surface area (Å²) in [4.78, 5) is 0. The molecule has 5 heteroatoms. The van der Waals surface area contributed by atoms with Gasteiger partial charge in [-0.25, -0.2) is 4.39 Å². The van der Waals surface area contributed by atoms with Crippen molar-refractivity contribution in [2.45, 2.75) is 18.7 Å². The van der Waals surface area contributed by atoms with Crippen LogP contribution in [0.25, 0.3) is 0 Å². The highest BCUT2D eigenvalue weighted by atomic mass is 79.9. The SMILES string of the molecule is CCc1occc1C(Cl)c1cc(Cl)c(Br)cc1F. The van der Waals surface area contributed by atoms with Crippen molar-refractivity contribution in [2.24, 2.45) is 0 Å². The molecule has 96 valence electrons. The molecule has 1 nitrogen and oxygen atoms in total. The largest absolute Gasteiger partial charge is 0.469 e. The van der Waals surface area contributed by atoms with Gasteiger partial charge in [0.2, 0.25) is 0 Å². The van der Waals surface area contributed by atoms with Crippen LogP contribution in [0.3, 0.4) is 0 Å². The van der Waals surface area contributed by atoms with Crippen LogP contribution in [0.5, 0.6) is 0 Å². The minimum absolute atomic E-state index is 0.348. The van der Waals surface area contributed by atoms with Crippen LogP contribution in [0, 0.1) is 5.82 Å². The van der Waals surface area contributed by atoms with Crippen molar-refractivity contribution in [3.8, 4) is 0 Å². The molecule has 0 bridgehead atoms. The summed E-state index contributed by atoms with van der Waals surface area (Å²) < 4.78 is 19.7. The molecule has 1 heterocycles. The van der Waals surface area contributed by atoms with Crippen LogP contribution in [-0.2, 0) is 6.42 Å². The summed E-state index contributed by atoms with van der Waals surface area (Å²) in [5.41, 5.74) is 1.12. The third-order valence-corrected chi connectivity index (χ3v) is 4.35. The van der Waals surface area contributed by atoms with Crippen LogP contribution in [0.15, 0.2) is 33.4 Å². The van der Waals surface area contributed by atoms with Crippen molar-refractivity contribution in [1.82, 2.24) is 0 Å². The quantitative estimate of drug-likeness (QED) is 0.508. The van der Waals surface area contributed by atoms with Crippen molar-refractivity contribution >= 4 is 39.1 Å². The predicted octanol–water partition coefficient (Wildman–Crippen LogP) is 5.73. The molecule has 0 N–H and O–H groups in total. The number of halogens is 4. The lowest BCUT2D eigenvalue weighted by molar-refractivity contribution is 0.511. The maximum Gasteiger partial charge on any atom is 0.129 e. The number of hydrogen-bond donors (Lipinski definition) is 0. The maximum atomic E-state index is 13.9. The van der Waals surface area contributed by atoms with E-state index in [1.807, 2.05) is 6.92 Å². The van der Waals surface area contributed by atoms with Gasteiger partial charge < -0.3 is 4.42 Å². The minimum Gasteiger partial charge on any atom is -0.469 e. The number of benzene rings is 1.